The molecule has 9 heteroatoms. The number of rotatable bonds is 5. The van der Waals surface area contributed by atoms with Crippen molar-refractivity contribution in [3.05, 3.63) is 35.5 Å². The van der Waals surface area contributed by atoms with E-state index in [4.69, 9.17) is 9.26 Å². The average molecular weight is 328 g/mol. The molecule has 24 heavy (non-hydrogen) atoms. The van der Waals surface area contributed by atoms with Crippen LogP contribution in [0.15, 0.2) is 22.7 Å². The Labute approximate surface area is 136 Å². The Hall–Kier alpha value is -2.81. The number of aromatic amines is 1. The normalized spacial score (nSPS) is 17.4. The Balaban J connectivity index is 1.32. The highest BCUT2D eigenvalue weighted by Gasteiger charge is 2.23. The van der Waals surface area contributed by atoms with Crippen LogP contribution < -0.4 is 5.32 Å². The van der Waals surface area contributed by atoms with Gasteiger partial charge in [0.05, 0.1) is 0 Å². The minimum Gasteiger partial charge on any atom is -0.368 e. The number of aromatic nitrogens is 5. The Morgan fingerprint density at radius 2 is 2.25 bits per heavy atom. The van der Waals surface area contributed by atoms with E-state index in [2.05, 4.69) is 30.9 Å². The van der Waals surface area contributed by atoms with Crippen LogP contribution in [0, 0.1) is 0 Å². The van der Waals surface area contributed by atoms with Crippen molar-refractivity contribution in [2.75, 3.05) is 13.2 Å². The maximum absolute atomic E-state index is 12.2. The van der Waals surface area contributed by atoms with E-state index in [0.29, 0.717) is 35.8 Å². The standard InChI is InChI=1S/C15H16N6O3/c22-14(9-3-4-10-11(8-9)19-21-18-10)16-6-5-13-17-15(24-20-13)12-2-1-7-23-12/h3-4,8,12H,1-2,5-7H2,(H,16,22)(H,18,19,21)/t12-/m0/s1. The quantitative estimate of drug-likeness (QED) is 0.721. The minimum absolute atomic E-state index is 0.0879. The van der Waals surface area contributed by atoms with Crippen molar-refractivity contribution in [2.24, 2.45) is 0 Å². The maximum Gasteiger partial charge on any atom is 0.255 e. The number of nitrogens with zero attached hydrogens (tertiary/aromatic N) is 4. The van der Waals surface area contributed by atoms with Gasteiger partial charge in [-0.3, -0.25) is 4.79 Å². The van der Waals surface area contributed by atoms with E-state index in [1.54, 1.807) is 18.2 Å². The number of carbonyl (C=O) groups is 1. The summed E-state index contributed by atoms with van der Waals surface area (Å²) in [7, 11) is 0. The van der Waals surface area contributed by atoms with Crippen LogP contribution in [-0.4, -0.2) is 44.6 Å². The third-order valence-electron chi connectivity index (χ3n) is 3.90. The molecule has 2 aromatic heterocycles. The second-order valence-corrected chi connectivity index (χ2v) is 5.58. The first kappa shape index (κ1) is 14.8. The summed E-state index contributed by atoms with van der Waals surface area (Å²) in [5.41, 5.74) is 1.91. The lowest BCUT2D eigenvalue weighted by molar-refractivity contribution is 0.0835. The Morgan fingerprint density at radius 3 is 3.12 bits per heavy atom. The molecule has 1 aliphatic rings. The van der Waals surface area contributed by atoms with Crippen molar-refractivity contribution in [2.45, 2.75) is 25.4 Å². The molecule has 1 atom stereocenters. The van der Waals surface area contributed by atoms with Gasteiger partial charge in [-0.2, -0.15) is 20.4 Å². The molecule has 3 aromatic rings. The van der Waals surface area contributed by atoms with Crippen LogP contribution >= 0.6 is 0 Å². The second kappa shape index (κ2) is 6.36. The number of ether oxygens (including phenoxy) is 1. The number of carbonyl (C=O) groups excluding carboxylic acids is 1. The van der Waals surface area contributed by atoms with E-state index in [1.807, 2.05) is 0 Å². The molecule has 1 aliphatic heterocycles. The molecular formula is C15H16N6O3. The molecule has 3 heterocycles. The van der Waals surface area contributed by atoms with Gasteiger partial charge in [-0.05, 0) is 31.0 Å². The fourth-order valence-corrected chi connectivity index (χ4v) is 2.64. The Morgan fingerprint density at radius 1 is 1.33 bits per heavy atom. The van der Waals surface area contributed by atoms with Gasteiger partial charge in [0.25, 0.3) is 11.8 Å². The molecule has 0 unspecified atom stereocenters. The van der Waals surface area contributed by atoms with Crippen molar-refractivity contribution >= 4 is 16.9 Å². The van der Waals surface area contributed by atoms with Gasteiger partial charge in [-0.1, -0.05) is 5.16 Å². The van der Waals surface area contributed by atoms with Gasteiger partial charge in [-0.25, -0.2) is 0 Å². The lowest BCUT2D eigenvalue weighted by atomic mass is 10.2. The highest BCUT2D eigenvalue weighted by Crippen LogP contribution is 2.26. The van der Waals surface area contributed by atoms with E-state index < -0.39 is 0 Å². The summed E-state index contributed by atoms with van der Waals surface area (Å²) in [5.74, 6) is 0.904. The Kier molecular flexibility index (Phi) is 3.91. The van der Waals surface area contributed by atoms with Crippen LogP contribution in [-0.2, 0) is 11.2 Å². The third kappa shape index (κ3) is 2.98. The molecular weight excluding hydrogens is 312 g/mol. The number of hydrogen-bond acceptors (Lipinski definition) is 7. The fourth-order valence-electron chi connectivity index (χ4n) is 2.64. The van der Waals surface area contributed by atoms with Crippen molar-refractivity contribution in [3.8, 4) is 0 Å². The molecule has 4 rings (SSSR count). The van der Waals surface area contributed by atoms with E-state index >= 15 is 0 Å². The molecule has 124 valence electrons. The molecule has 1 amide bonds. The van der Waals surface area contributed by atoms with Crippen molar-refractivity contribution < 1.29 is 14.1 Å². The molecule has 0 spiro atoms. The SMILES string of the molecule is O=C(NCCc1noc([C@@H]2CCCO2)n1)c1ccc2n[nH]nc2c1. The fraction of sp³-hybridized carbons (Fsp3) is 0.400. The predicted molar refractivity (Wildman–Crippen MR) is 82.2 cm³/mol. The van der Waals surface area contributed by atoms with Crippen molar-refractivity contribution in [3.63, 3.8) is 0 Å². The van der Waals surface area contributed by atoms with E-state index in [0.717, 1.165) is 25.0 Å². The van der Waals surface area contributed by atoms with Gasteiger partial charge >= 0.3 is 0 Å². The summed E-state index contributed by atoms with van der Waals surface area (Å²) < 4.78 is 10.7. The second-order valence-electron chi connectivity index (χ2n) is 5.58. The topological polar surface area (TPSA) is 119 Å². The minimum atomic E-state index is -0.178. The summed E-state index contributed by atoms with van der Waals surface area (Å²) in [6.07, 6.45) is 2.32. The van der Waals surface area contributed by atoms with Gasteiger partial charge in [0, 0.05) is 25.1 Å². The van der Waals surface area contributed by atoms with Gasteiger partial charge in [-0.15, -0.1) is 0 Å². The monoisotopic (exact) mass is 328 g/mol. The van der Waals surface area contributed by atoms with Crippen LogP contribution in [0.5, 0.6) is 0 Å². The van der Waals surface area contributed by atoms with Gasteiger partial charge in [0.1, 0.15) is 17.1 Å². The summed E-state index contributed by atoms with van der Waals surface area (Å²) in [5, 5.41) is 17.2. The molecule has 1 aromatic carbocycles. The lowest BCUT2D eigenvalue weighted by Gasteiger charge is -2.03. The number of H-pyrrole nitrogens is 1. The maximum atomic E-state index is 12.2. The highest BCUT2D eigenvalue weighted by atomic mass is 16.5. The number of fused-ring (bicyclic) bond motifs is 1. The number of nitrogens with one attached hydrogen (secondary N) is 2. The molecule has 1 saturated heterocycles. The van der Waals surface area contributed by atoms with E-state index in [1.165, 1.54) is 0 Å². The number of benzene rings is 1. The van der Waals surface area contributed by atoms with E-state index in [-0.39, 0.29) is 12.0 Å². The zero-order valence-corrected chi connectivity index (χ0v) is 12.9. The Bertz CT molecular complexity index is 852. The first-order valence-electron chi connectivity index (χ1n) is 7.82. The first-order valence-corrected chi connectivity index (χ1v) is 7.82. The number of amides is 1. The predicted octanol–water partition coefficient (Wildman–Crippen LogP) is 1.16. The van der Waals surface area contributed by atoms with E-state index in [9.17, 15) is 4.79 Å². The van der Waals surface area contributed by atoms with Crippen LogP contribution in [0.1, 0.15) is 41.0 Å². The van der Waals surface area contributed by atoms with Gasteiger partial charge in [0.15, 0.2) is 5.82 Å². The lowest BCUT2D eigenvalue weighted by Crippen LogP contribution is -2.25. The van der Waals surface area contributed by atoms with Crippen molar-refractivity contribution in [1.82, 2.24) is 30.9 Å². The largest absolute Gasteiger partial charge is 0.368 e. The molecule has 0 aliphatic carbocycles. The average Bonchev–Trinajstić information content (AvgIpc) is 3.34. The van der Waals surface area contributed by atoms with Crippen LogP contribution in [0.3, 0.4) is 0 Å². The third-order valence-corrected chi connectivity index (χ3v) is 3.90. The van der Waals surface area contributed by atoms with Crippen LogP contribution in [0.25, 0.3) is 11.0 Å². The summed E-state index contributed by atoms with van der Waals surface area (Å²) in [4.78, 5) is 16.5. The summed E-state index contributed by atoms with van der Waals surface area (Å²) in [6, 6.07) is 5.16. The van der Waals surface area contributed by atoms with Crippen LogP contribution in [0.2, 0.25) is 0 Å². The van der Waals surface area contributed by atoms with Gasteiger partial charge < -0.3 is 14.6 Å². The smallest absolute Gasteiger partial charge is 0.255 e. The summed E-state index contributed by atoms with van der Waals surface area (Å²) >= 11 is 0. The molecule has 0 radical (unpaired) electrons. The zero-order valence-electron chi connectivity index (χ0n) is 12.9. The number of hydrogen-bond donors (Lipinski definition) is 2. The molecule has 1 fully saturated rings. The summed E-state index contributed by atoms with van der Waals surface area (Å²) in [6.45, 7) is 1.15. The zero-order chi connectivity index (χ0) is 16.4. The molecule has 2 N–H and O–H groups in total. The molecule has 0 bridgehead atoms. The highest BCUT2D eigenvalue weighted by molar-refractivity contribution is 5.97. The van der Waals surface area contributed by atoms with Gasteiger partial charge in [0.2, 0.25) is 0 Å². The van der Waals surface area contributed by atoms with Crippen molar-refractivity contribution in [1.29, 1.82) is 0 Å². The molecule has 9 nitrogen and oxygen atoms in total. The first-order chi connectivity index (χ1) is 11.8. The van der Waals surface area contributed by atoms with Crippen LogP contribution in [0.4, 0.5) is 0 Å². The molecule has 0 saturated carbocycles.